The molecular formula is C22H30ClN3O4. The van der Waals surface area contributed by atoms with Crippen molar-refractivity contribution in [1.82, 2.24) is 15.1 Å². The molecule has 2 saturated heterocycles. The third-order valence-corrected chi connectivity index (χ3v) is 6.52. The molecule has 1 aromatic rings. The van der Waals surface area contributed by atoms with E-state index in [-0.39, 0.29) is 17.7 Å². The molecule has 2 fully saturated rings. The lowest BCUT2D eigenvalue weighted by Crippen LogP contribution is -2.47. The van der Waals surface area contributed by atoms with Crippen LogP contribution < -0.4 is 5.32 Å². The molecule has 0 aliphatic carbocycles. The second kappa shape index (κ2) is 9.79. The van der Waals surface area contributed by atoms with Gasteiger partial charge in [-0.3, -0.25) is 14.4 Å². The number of nitrogens with one attached hydrogen (secondary N) is 1. The molecule has 30 heavy (non-hydrogen) atoms. The number of benzene rings is 1. The molecule has 3 rings (SSSR count). The van der Waals surface area contributed by atoms with Crippen LogP contribution in [0, 0.1) is 5.41 Å². The van der Waals surface area contributed by atoms with Crippen molar-refractivity contribution in [2.24, 2.45) is 5.41 Å². The quantitative estimate of drug-likeness (QED) is 0.663. The summed E-state index contributed by atoms with van der Waals surface area (Å²) >= 11 is 5.91. The van der Waals surface area contributed by atoms with Gasteiger partial charge in [0.1, 0.15) is 6.04 Å². The summed E-state index contributed by atoms with van der Waals surface area (Å²) in [4.78, 5) is 42.0. The third-order valence-electron chi connectivity index (χ3n) is 6.27. The molecule has 0 radical (unpaired) electrons. The fraction of sp³-hybridized carbons (Fsp3) is 0.591. The summed E-state index contributed by atoms with van der Waals surface area (Å²) in [5.41, 5.74) is 0.377. The molecule has 1 aromatic carbocycles. The van der Waals surface area contributed by atoms with Gasteiger partial charge >= 0.3 is 0 Å². The van der Waals surface area contributed by atoms with Gasteiger partial charge in [-0.05, 0) is 43.9 Å². The highest BCUT2D eigenvalue weighted by molar-refractivity contribution is 6.30. The molecule has 7 nitrogen and oxygen atoms in total. The molecule has 1 atom stereocenters. The number of likely N-dealkylation sites (tertiary alicyclic amines) is 2. The Hall–Kier alpha value is -2.12. The van der Waals surface area contributed by atoms with Gasteiger partial charge in [0, 0.05) is 38.3 Å². The summed E-state index contributed by atoms with van der Waals surface area (Å²) in [6, 6.07) is 6.83. The van der Waals surface area contributed by atoms with Crippen LogP contribution >= 0.6 is 11.6 Å². The largest absolute Gasteiger partial charge is 0.383 e. The topological polar surface area (TPSA) is 79.0 Å². The molecule has 1 unspecified atom stereocenters. The fourth-order valence-corrected chi connectivity index (χ4v) is 4.62. The van der Waals surface area contributed by atoms with Gasteiger partial charge in [0.05, 0.1) is 18.4 Å². The van der Waals surface area contributed by atoms with Gasteiger partial charge in [0.2, 0.25) is 17.7 Å². The van der Waals surface area contributed by atoms with Crippen LogP contribution in [0.4, 0.5) is 0 Å². The van der Waals surface area contributed by atoms with E-state index in [9.17, 15) is 14.4 Å². The van der Waals surface area contributed by atoms with Crippen molar-refractivity contribution < 1.29 is 19.1 Å². The van der Waals surface area contributed by atoms with Gasteiger partial charge in [-0.2, -0.15) is 0 Å². The van der Waals surface area contributed by atoms with E-state index in [0.717, 1.165) is 5.56 Å². The molecular weight excluding hydrogens is 406 g/mol. The predicted octanol–water partition coefficient (Wildman–Crippen LogP) is 1.87. The second-order valence-electron chi connectivity index (χ2n) is 8.06. The number of likely N-dealkylation sites (N-methyl/N-ethyl adjacent to an activating group) is 1. The van der Waals surface area contributed by atoms with Crippen LogP contribution in [0.3, 0.4) is 0 Å². The molecule has 0 aromatic heterocycles. The van der Waals surface area contributed by atoms with Crippen molar-refractivity contribution in [3.63, 3.8) is 0 Å². The Balaban J connectivity index is 1.60. The van der Waals surface area contributed by atoms with E-state index < -0.39 is 11.5 Å². The monoisotopic (exact) mass is 435 g/mol. The molecule has 3 amide bonds. The molecule has 1 spiro atoms. The Bertz CT molecular complexity index is 775. The summed E-state index contributed by atoms with van der Waals surface area (Å²) in [5.74, 6) is -0.0270. The number of rotatable bonds is 7. The van der Waals surface area contributed by atoms with Crippen molar-refractivity contribution in [3.8, 4) is 0 Å². The molecule has 2 heterocycles. The predicted molar refractivity (Wildman–Crippen MR) is 114 cm³/mol. The van der Waals surface area contributed by atoms with Crippen molar-refractivity contribution in [2.75, 3.05) is 39.9 Å². The number of methoxy groups -OCH3 is 1. The molecule has 0 bridgehead atoms. The van der Waals surface area contributed by atoms with Crippen molar-refractivity contribution in [3.05, 3.63) is 34.9 Å². The van der Waals surface area contributed by atoms with Crippen molar-refractivity contribution >= 4 is 29.3 Å². The van der Waals surface area contributed by atoms with E-state index in [1.807, 2.05) is 24.0 Å². The van der Waals surface area contributed by atoms with Crippen LogP contribution in [0.2, 0.25) is 5.02 Å². The van der Waals surface area contributed by atoms with E-state index in [2.05, 4.69) is 5.32 Å². The highest BCUT2D eigenvalue weighted by Crippen LogP contribution is 2.44. The third kappa shape index (κ3) is 4.78. The zero-order valence-electron chi connectivity index (χ0n) is 17.7. The number of carbonyl (C=O) groups excluding carboxylic acids is 3. The minimum absolute atomic E-state index is 0.0432. The van der Waals surface area contributed by atoms with Crippen LogP contribution in [0.15, 0.2) is 24.3 Å². The maximum Gasteiger partial charge on any atom is 0.242 e. The van der Waals surface area contributed by atoms with Crippen LogP contribution in [-0.4, -0.2) is 73.5 Å². The average molecular weight is 436 g/mol. The van der Waals surface area contributed by atoms with Crippen LogP contribution in [0.25, 0.3) is 0 Å². The first kappa shape index (κ1) is 22.6. The minimum atomic E-state index is -0.545. The van der Waals surface area contributed by atoms with Crippen molar-refractivity contribution in [1.29, 1.82) is 0 Å². The van der Waals surface area contributed by atoms with Gasteiger partial charge in [0.15, 0.2) is 0 Å². The summed E-state index contributed by atoms with van der Waals surface area (Å²) in [7, 11) is 1.58. The average Bonchev–Trinajstić information content (AvgIpc) is 3.02. The lowest BCUT2D eigenvalue weighted by Gasteiger charge is -2.38. The van der Waals surface area contributed by atoms with Gasteiger partial charge in [-0.1, -0.05) is 23.7 Å². The number of halogens is 1. The SMILES string of the molecule is CCN1C(=O)C2(CCN(C(=O)Cc3ccc(Cl)cc3)CC2)CC1C(=O)NCCOC. The summed E-state index contributed by atoms with van der Waals surface area (Å²) in [6.45, 7) is 4.34. The van der Waals surface area contributed by atoms with Crippen LogP contribution in [-0.2, 0) is 25.5 Å². The van der Waals surface area contributed by atoms with Gasteiger partial charge in [-0.15, -0.1) is 0 Å². The smallest absolute Gasteiger partial charge is 0.242 e. The van der Waals surface area contributed by atoms with Gasteiger partial charge in [-0.25, -0.2) is 0 Å². The normalized spacial score (nSPS) is 20.6. The molecule has 2 aliphatic heterocycles. The zero-order chi connectivity index (χ0) is 21.7. The standard InChI is InChI=1S/C22H30ClN3O4/c1-3-26-18(20(28)24-10-13-30-2)15-22(21(26)29)8-11-25(12-9-22)19(27)14-16-4-6-17(23)7-5-16/h4-7,18H,3,8-15H2,1-2H3,(H,24,28). The van der Waals surface area contributed by atoms with Crippen molar-refractivity contribution in [2.45, 2.75) is 38.6 Å². The van der Waals surface area contributed by atoms with Gasteiger partial charge < -0.3 is 19.9 Å². The Morgan fingerprint density at radius 1 is 1.23 bits per heavy atom. The number of ether oxygens (including phenoxy) is 1. The first-order valence-corrected chi connectivity index (χ1v) is 10.9. The maximum absolute atomic E-state index is 13.2. The summed E-state index contributed by atoms with van der Waals surface area (Å²) in [5, 5.41) is 3.50. The summed E-state index contributed by atoms with van der Waals surface area (Å²) < 4.78 is 4.98. The summed E-state index contributed by atoms with van der Waals surface area (Å²) in [6.07, 6.45) is 2.02. The van der Waals surface area contributed by atoms with E-state index in [1.165, 1.54) is 0 Å². The first-order chi connectivity index (χ1) is 14.4. The van der Waals surface area contributed by atoms with E-state index in [4.69, 9.17) is 16.3 Å². The highest BCUT2D eigenvalue weighted by Gasteiger charge is 2.54. The number of carbonyl (C=O) groups is 3. The first-order valence-electron chi connectivity index (χ1n) is 10.5. The Kier molecular flexibility index (Phi) is 7.36. The Labute approximate surface area is 182 Å². The molecule has 0 saturated carbocycles. The number of hydrogen-bond acceptors (Lipinski definition) is 4. The lowest BCUT2D eigenvalue weighted by molar-refractivity contribution is -0.143. The fourth-order valence-electron chi connectivity index (χ4n) is 4.50. The molecule has 8 heteroatoms. The lowest BCUT2D eigenvalue weighted by atomic mass is 9.76. The minimum Gasteiger partial charge on any atom is -0.383 e. The molecule has 1 N–H and O–H groups in total. The van der Waals surface area contributed by atoms with E-state index in [0.29, 0.717) is 63.5 Å². The molecule has 2 aliphatic rings. The van der Waals surface area contributed by atoms with E-state index >= 15 is 0 Å². The number of nitrogens with zero attached hydrogens (tertiary/aromatic N) is 2. The maximum atomic E-state index is 13.2. The number of piperidine rings is 1. The number of amides is 3. The molecule has 164 valence electrons. The second-order valence-corrected chi connectivity index (χ2v) is 8.50. The number of hydrogen-bond donors (Lipinski definition) is 1. The van der Waals surface area contributed by atoms with E-state index in [1.54, 1.807) is 24.1 Å². The zero-order valence-corrected chi connectivity index (χ0v) is 18.4. The van der Waals surface area contributed by atoms with Crippen LogP contribution in [0.5, 0.6) is 0 Å². The highest BCUT2D eigenvalue weighted by atomic mass is 35.5. The Morgan fingerprint density at radius 3 is 2.50 bits per heavy atom. The Morgan fingerprint density at radius 2 is 1.90 bits per heavy atom. The van der Waals surface area contributed by atoms with Gasteiger partial charge in [0.25, 0.3) is 0 Å². The van der Waals surface area contributed by atoms with Crippen LogP contribution in [0.1, 0.15) is 31.7 Å².